The van der Waals surface area contributed by atoms with Gasteiger partial charge in [-0.1, -0.05) is 0 Å². The van der Waals surface area contributed by atoms with E-state index in [-0.39, 0.29) is 6.54 Å². The first-order chi connectivity index (χ1) is 9.17. The van der Waals surface area contributed by atoms with Crippen molar-refractivity contribution in [3.05, 3.63) is 23.3 Å². The zero-order valence-electron chi connectivity index (χ0n) is 11.0. The Morgan fingerprint density at radius 3 is 2.42 bits per heavy atom. The van der Waals surface area contributed by atoms with Gasteiger partial charge in [-0.3, -0.25) is 0 Å². The third-order valence-electron chi connectivity index (χ3n) is 4.01. The van der Waals surface area contributed by atoms with Gasteiger partial charge in [0.05, 0.1) is 24.7 Å². The molecule has 5 heteroatoms. The van der Waals surface area contributed by atoms with E-state index in [2.05, 4.69) is 0 Å². The van der Waals surface area contributed by atoms with Crippen molar-refractivity contribution in [3.63, 3.8) is 0 Å². The van der Waals surface area contributed by atoms with Crippen molar-refractivity contribution in [3.8, 4) is 11.5 Å². The molecule has 0 bridgehead atoms. The van der Waals surface area contributed by atoms with Crippen LogP contribution in [0.15, 0.2) is 12.1 Å². The predicted molar refractivity (Wildman–Crippen MR) is 69.7 cm³/mol. The van der Waals surface area contributed by atoms with Gasteiger partial charge < -0.3 is 25.1 Å². The Bertz CT molecular complexity index is 485. The molecule has 1 unspecified atom stereocenters. The topological polar surface area (TPSA) is 73.9 Å². The number of aliphatic hydroxyl groups is 1. The first kappa shape index (κ1) is 12.7. The Hall–Kier alpha value is -1.30. The van der Waals surface area contributed by atoms with Gasteiger partial charge in [0, 0.05) is 6.54 Å². The van der Waals surface area contributed by atoms with Gasteiger partial charge >= 0.3 is 0 Å². The predicted octanol–water partition coefficient (Wildman–Crippen LogP) is 0.354. The third-order valence-corrected chi connectivity index (χ3v) is 4.01. The van der Waals surface area contributed by atoms with Crippen molar-refractivity contribution in [2.45, 2.75) is 18.4 Å². The van der Waals surface area contributed by atoms with Gasteiger partial charge in [0.25, 0.3) is 0 Å². The van der Waals surface area contributed by atoms with Crippen LogP contribution in [0.3, 0.4) is 0 Å². The van der Waals surface area contributed by atoms with E-state index in [1.165, 1.54) is 0 Å². The Kier molecular flexibility index (Phi) is 3.12. The number of hydrogen-bond acceptors (Lipinski definition) is 5. The summed E-state index contributed by atoms with van der Waals surface area (Å²) in [7, 11) is 0. The van der Waals surface area contributed by atoms with Crippen molar-refractivity contribution in [2.75, 3.05) is 33.0 Å². The largest absolute Gasteiger partial charge is 0.486 e. The number of nitrogens with two attached hydrogens (primary N) is 1. The van der Waals surface area contributed by atoms with Gasteiger partial charge in [-0.05, 0) is 30.2 Å². The van der Waals surface area contributed by atoms with Crippen LogP contribution in [-0.2, 0) is 10.2 Å². The minimum Gasteiger partial charge on any atom is -0.486 e. The molecule has 1 atom stereocenters. The summed E-state index contributed by atoms with van der Waals surface area (Å²) < 4.78 is 16.5. The van der Waals surface area contributed by atoms with Crippen molar-refractivity contribution in [2.24, 2.45) is 5.73 Å². The minimum atomic E-state index is -0.609. The Morgan fingerprint density at radius 1 is 1.26 bits per heavy atom. The molecule has 3 N–H and O–H groups in total. The molecule has 1 aromatic rings. The van der Waals surface area contributed by atoms with Gasteiger partial charge in [-0.25, -0.2) is 0 Å². The average Bonchev–Trinajstić information content (AvgIpc) is 2.37. The van der Waals surface area contributed by atoms with Crippen molar-refractivity contribution < 1.29 is 19.3 Å². The molecule has 1 saturated heterocycles. The Labute approximate surface area is 112 Å². The van der Waals surface area contributed by atoms with Gasteiger partial charge in [0.15, 0.2) is 11.5 Å². The smallest absolute Gasteiger partial charge is 0.161 e. The molecule has 0 aliphatic carbocycles. The summed E-state index contributed by atoms with van der Waals surface area (Å²) in [6.45, 7) is 4.34. The van der Waals surface area contributed by atoms with Crippen LogP contribution in [0.2, 0.25) is 0 Å². The lowest BCUT2D eigenvalue weighted by Gasteiger charge is -2.46. The van der Waals surface area contributed by atoms with Crippen molar-refractivity contribution in [1.29, 1.82) is 0 Å². The van der Waals surface area contributed by atoms with Gasteiger partial charge in [0.2, 0.25) is 0 Å². The number of hydrogen-bond donors (Lipinski definition) is 2. The molecule has 19 heavy (non-hydrogen) atoms. The molecule has 3 rings (SSSR count). The van der Waals surface area contributed by atoms with Crippen LogP contribution in [0.4, 0.5) is 0 Å². The summed E-state index contributed by atoms with van der Waals surface area (Å²) >= 11 is 0. The molecule has 0 radical (unpaired) electrons. The Balaban J connectivity index is 2.04. The molecule has 0 saturated carbocycles. The molecule has 2 aliphatic rings. The van der Waals surface area contributed by atoms with E-state index in [9.17, 15) is 5.11 Å². The fourth-order valence-corrected chi connectivity index (χ4v) is 2.80. The second kappa shape index (κ2) is 4.67. The number of fused-ring (bicyclic) bond motifs is 1. The van der Waals surface area contributed by atoms with Crippen LogP contribution < -0.4 is 15.2 Å². The second-order valence-corrected chi connectivity index (χ2v) is 5.21. The molecule has 0 aromatic heterocycles. The van der Waals surface area contributed by atoms with E-state index >= 15 is 0 Å². The SMILES string of the molecule is Cc1cc2c(cc1C1(C(O)CN)COC1)OCCO2. The quantitative estimate of drug-likeness (QED) is 0.825. The van der Waals surface area contributed by atoms with Crippen LogP contribution in [0.5, 0.6) is 11.5 Å². The number of benzene rings is 1. The molecule has 1 aromatic carbocycles. The summed E-state index contributed by atoms with van der Waals surface area (Å²) in [4.78, 5) is 0. The fourth-order valence-electron chi connectivity index (χ4n) is 2.80. The summed E-state index contributed by atoms with van der Waals surface area (Å²) in [5, 5.41) is 10.2. The van der Waals surface area contributed by atoms with Gasteiger partial charge in [0.1, 0.15) is 13.2 Å². The zero-order valence-corrected chi connectivity index (χ0v) is 11.0. The van der Waals surface area contributed by atoms with E-state index < -0.39 is 11.5 Å². The maximum Gasteiger partial charge on any atom is 0.161 e. The van der Waals surface area contributed by atoms with Crippen LogP contribution >= 0.6 is 0 Å². The van der Waals surface area contributed by atoms with E-state index in [1.54, 1.807) is 0 Å². The summed E-state index contributed by atoms with van der Waals surface area (Å²) in [5.74, 6) is 1.51. The van der Waals surface area contributed by atoms with E-state index in [0.29, 0.717) is 26.4 Å². The summed E-state index contributed by atoms with van der Waals surface area (Å²) in [5.41, 5.74) is 7.34. The molecular weight excluding hydrogens is 246 g/mol. The lowest BCUT2D eigenvalue weighted by atomic mass is 9.72. The fraction of sp³-hybridized carbons (Fsp3) is 0.571. The normalized spacial score (nSPS) is 21.6. The molecular formula is C14H19NO4. The molecule has 104 valence electrons. The minimum absolute atomic E-state index is 0.219. The molecule has 5 nitrogen and oxygen atoms in total. The number of aryl methyl sites for hydroxylation is 1. The number of rotatable bonds is 3. The van der Waals surface area contributed by atoms with Crippen LogP contribution in [0.25, 0.3) is 0 Å². The molecule has 2 aliphatic heterocycles. The number of ether oxygens (including phenoxy) is 3. The summed E-state index contributed by atoms with van der Waals surface area (Å²) in [6, 6.07) is 3.93. The second-order valence-electron chi connectivity index (χ2n) is 5.21. The molecule has 0 amide bonds. The lowest BCUT2D eigenvalue weighted by Crippen LogP contribution is -2.58. The highest BCUT2D eigenvalue weighted by molar-refractivity contribution is 5.51. The van der Waals surface area contributed by atoms with Crippen molar-refractivity contribution in [1.82, 2.24) is 0 Å². The highest BCUT2D eigenvalue weighted by atomic mass is 16.6. The van der Waals surface area contributed by atoms with E-state index in [4.69, 9.17) is 19.9 Å². The van der Waals surface area contributed by atoms with Crippen LogP contribution in [0, 0.1) is 6.92 Å². The third kappa shape index (κ3) is 1.89. The van der Waals surface area contributed by atoms with Crippen LogP contribution in [-0.4, -0.2) is 44.2 Å². The first-order valence-corrected chi connectivity index (χ1v) is 6.54. The van der Waals surface area contributed by atoms with E-state index in [0.717, 1.165) is 22.6 Å². The van der Waals surface area contributed by atoms with Crippen molar-refractivity contribution >= 4 is 0 Å². The first-order valence-electron chi connectivity index (χ1n) is 6.54. The highest BCUT2D eigenvalue weighted by Crippen LogP contribution is 2.42. The summed E-state index contributed by atoms with van der Waals surface area (Å²) in [6.07, 6.45) is -0.609. The molecule has 2 heterocycles. The monoisotopic (exact) mass is 265 g/mol. The number of aliphatic hydroxyl groups excluding tert-OH is 1. The highest BCUT2D eigenvalue weighted by Gasteiger charge is 2.47. The standard InChI is InChI=1S/C14H19NO4/c1-9-4-11-12(19-3-2-18-11)5-10(9)14(7-17-8-14)13(16)6-15/h4-5,13,16H,2-3,6-8,15H2,1H3. The molecule has 0 spiro atoms. The maximum absolute atomic E-state index is 10.2. The van der Waals surface area contributed by atoms with Crippen LogP contribution in [0.1, 0.15) is 11.1 Å². The molecule has 1 fully saturated rings. The Morgan fingerprint density at radius 2 is 1.89 bits per heavy atom. The maximum atomic E-state index is 10.2. The lowest BCUT2D eigenvalue weighted by molar-refractivity contribution is -0.117. The van der Waals surface area contributed by atoms with E-state index in [1.807, 2.05) is 19.1 Å². The van der Waals surface area contributed by atoms with Gasteiger partial charge in [-0.2, -0.15) is 0 Å². The zero-order chi connectivity index (χ0) is 13.5. The van der Waals surface area contributed by atoms with Gasteiger partial charge in [-0.15, -0.1) is 0 Å². The average molecular weight is 265 g/mol.